The molecule has 0 bridgehead atoms. The summed E-state index contributed by atoms with van der Waals surface area (Å²) < 4.78 is 0. The largest absolute Gasteiger partial charge is 0.339 e. The topological polar surface area (TPSA) is 32.3 Å². The first-order chi connectivity index (χ1) is 8.16. The van der Waals surface area contributed by atoms with Crippen LogP contribution in [0.25, 0.3) is 0 Å². The van der Waals surface area contributed by atoms with Gasteiger partial charge in [-0.25, -0.2) is 0 Å². The zero-order chi connectivity index (χ0) is 12.7. The second-order valence-electron chi connectivity index (χ2n) is 4.19. The smallest absolute Gasteiger partial charge is 0.224 e. The SMILES string of the molecule is CCNCCC(=O)N(C)C(C)c1ccccc1. The summed E-state index contributed by atoms with van der Waals surface area (Å²) in [7, 11) is 1.87. The predicted octanol–water partition coefficient (Wildman–Crippen LogP) is 2.21. The van der Waals surface area contributed by atoms with Crippen LogP contribution in [0.3, 0.4) is 0 Å². The number of rotatable bonds is 6. The van der Waals surface area contributed by atoms with Gasteiger partial charge >= 0.3 is 0 Å². The minimum Gasteiger partial charge on any atom is -0.339 e. The summed E-state index contributed by atoms with van der Waals surface area (Å²) in [4.78, 5) is 13.7. The standard InChI is InChI=1S/C14H22N2O/c1-4-15-11-10-14(17)16(3)12(2)13-8-6-5-7-9-13/h5-9,12,15H,4,10-11H2,1-3H3. The molecule has 0 spiro atoms. The van der Waals surface area contributed by atoms with Gasteiger partial charge in [-0.05, 0) is 19.0 Å². The second kappa shape index (κ2) is 7.07. The first-order valence-corrected chi connectivity index (χ1v) is 6.18. The lowest BCUT2D eigenvalue weighted by Crippen LogP contribution is -2.32. The van der Waals surface area contributed by atoms with Gasteiger partial charge in [0.05, 0.1) is 6.04 Å². The van der Waals surface area contributed by atoms with E-state index in [4.69, 9.17) is 0 Å². The van der Waals surface area contributed by atoms with E-state index in [1.807, 2.05) is 37.1 Å². The average Bonchev–Trinajstić information content (AvgIpc) is 2.38. The zero-order valence-corrected chi connectivity index (χ0v) is 10.9. The Morgan fingerprint density at radius 2 is 2.00 bits per heavy atom. The molecule has 94 valence electrons. The number of carbonyl (C=O) groups is 1. The summed E-state index contributed by atoms with van der Waals surface area (Å²) in [5.74, 6) is 0.183. The third-order valence-electron chi connectivity index (χ3n) is 3.02. The molecule has 0 radical (unpaired) electrons. The quantitative estimate of drug-likeness (QED) is 0.765. The molecule has 0 saturated carbocycles. The predicted molar refractivity (Wildman–Crippen MR) is 70.8 cm³/mol. The van der Waals surface area contributed by atoms with Crippen LogP contribution in [0.2, 0.25) is 0 Å². The van der Waals surface area contributed by atoms with Crippen molar-refractivity contribution >= 4 is 5.91 Å². The van der Waals surface area contributed by atoms with E-state index in [-0.39, 0.29) is 11.9 Å². The molecule has 0 aromatic heterocycles. The van der Waals surface area contributed by atoms with Crippen molar-refractivity contribution in [3.63, 3.8) is 0 Å². The van der Waals surface area contributed by atoms with Crippen LogP contribution in [0.1, 0.15) is 31.9 Å². The van der Waals surface area contributed by atoms with Gasteiger partial charge < -0.3 is 10.2 Å². The van der Waals surface area contributed by atoms with Crippen molar-refractivity contribution in [2.45, 2.75) is 26.3 Å². The van der Waals surface area contributed by atoms with Crippen LogP contribution in [-0.4, -0.2) is 30.9 Å². The molecule has 0 heterocycles. The van der Waals surface area contributed by atoms with E-state index in [2.05, 4.69) is 24.4 Å². The third-order valence-corrected chi connectivity index (χ3v) is 3.02. The highest BCUT2D eigenvalue weighted by atomic mass is 16.2. The fraction of sp³-hybridized carbons (Fsp3) is 0.500. The lowest BCUT2D eigenvalue weighted by molar-refractivity contribution is -0.131. The van der Waals surface area contributed by atoms with Gasteiger partial charge in [0.2, 0.25) is 5.91 Å². The molecule has 0 saturated heterocycles. The van der Waals surface area contributed by atoms with Crippen molar-refractivity contribution in [1.29, 1.82) is 0 Å². The normalized spacial score (nSPS) is 12.2. The number of nitrogens with zero attached hydrogens (tertiary/aromatic N) is 1. The number of nitrogens with one attached hydrogen (secondary N) is 1. The summed E-state index contributed by atoms with van der Waals surface area (Å²) in [5.41, 5.74) is 1.17. The molecular weight excluding hydrogens is 212 g/mol. The van der Waals surface area contributed by atoms with Gasteiger partial charge in [-0.1, -0.05) is 37.3 Å². The van der Waals surface area contributed by atoms with Crippen molar-refractivity contribution in [1.82, 2.24) is 10.2 Å². The van der Waals surface area contributed by atoms with Crippen molar-refractivity contribution < 1.29 is 4.79 Å². The summed E-state index contributed by atoms with van der Waals surface area (Å²) in [5, 5.41) is 3.17. The number of hydrogen-bond donors (Lipinski definition) is 1. The minimum absolute atomic E-state index is 0.130. The Kier molecular flexibility index (Phi) is 5.70. The van der Waals surface area contributed by atoms with E-state index in [0.29, 0.717) is 6.42 Å². The average molecular weight is 234 g/mol. The molecule has 1 aromatic carbocycles. The highest BCUT2D eigenvalue weighted by Crippen LogP contribution is 2.18. The van der Waals surface area contributed by atoms with Crippen molar-refractivity contribution in [2.24, 2.45) is 0 Å². The fourth-order valence-corrected chi connectivity index (χ4v) is 1.72. The second-order valence-corrected chi connectivity index (χ2v) is 4.19. The Labute approximate surface area is 104 Å². The van der Waals surface area contributed by atoms with Crippen LogP contribution in [-0.2, 0) is 4.79 Å². The van der Waals surface area contributed by atoms with E-state index in [0.717, 1.165) is 13.1 Å². The van der Waals surface area contributed by atoms with Gasteiger partial charge in [-0.15, -0.1) is 0 Å². The Hall–Kier alpha value is -1.35. The molecule has 1 aromatic rings. The number of benzene rings is 1. The first-order valence-electron chi connectivity index (χ1n) is 6.18. The molecule has 1 N–H and O–H groups in total. The van der Waals surface area contributed by atoms with Gasteiger partial charge in [-0.2, -0.15) is 0 Å². The van der Waals surface area contributed by atoms with Crippen molar-refractivity contribution in [3.05, 3.63) is 35.9 Å². The Morgan fingerprint density at radius 3 is 2.59 bits per heavy atom. The zero-order valence-electron chi connectivity index (χ0n) is 10.9. The molecular formula is C14H22N2O. The number of hydrogen-bond acceptors (Lipinski definition) is 2. The third kappa shape index (κ3) is 4.19. The van der Waals surface area contributed by atoms with Crippen molar-refractivity contribution in [3.8, 4) is 0 Å². The van der Waals surface area contributed by atoms with Crippen LogP contribution in [0.4, 0.5) is 0 Å². The van der Waals surface area contributed by atoms with E-state index in [9.17, 15) is 4.79 Å². The van der Waals surface area contributed by atoms with Crippen LogP contribution in [0.5, 0.6) is 0 Å². The monoisotopic (exact) mass is 234 g/mol. The number of carbonyl (C=O) groups excluding carboxylic acids is 1. The molecule has 0 fully saturated rings. The summed E-state index contributed by atoms with van der Waals surface area (Å²) in [6, 6.07) is 10.2. The maximum Gasteiger partial charge on any atom is 0.224 e. The van der Waals surface area contributed by atoms with E-state index in [1.54, 1.807) is 0 Å². The maximum absolute atomic E-state index is 11.9. The molecule has 17 heavy (non-hydrogen) atoms. The van der Waals surface area contributed by atoms with E-state index < -0.39 is 0 Å². The Balaban J connectivity index is 2.51. The van der Waals surface area contributed by atoms with Crippen LogP contribution in [0.15, 0.2) is 30.3 Å². The van der Waals surface area contributed by atoms with Gasteiger partial charge in [0.25, 0.3) is 0 Å². The Morgan fingerprint density at radius 1 is 1.35 bits per heavy atom. The van der Waals surface area contributed by atoms with Gasteiger partial charge in [-0.3, -0.25) is 4.79 Å². The highest BCUT2D eigenvalue weighted by Gasteiger charge is 2.16. The minimum atomic E-state index is 0.130. The molecule has 0 aliphatic carbocycles. The molecule has 0 aliphatic rings. The number of amides is 1. The van der Waals surface area contributed by atoms with E-state index in [1.165, 1.54) is 5.56 Å². The van der Waals surface area contributed by atoms with Gasteiger partial charge in [0, 0.05) is 20.0 Å². The molecule has 1 unspecified atom stereocenters. The summed E-state index contributed by atoms with van der Waals surface area (Å²) in [6.45, 7) is 5.76. The van der Waals surface area contributed by atoms with Crippen LogP contribution in [0, 0.1) is 0 Å². The molecule has 3 nitrogen and oxygen atoms in total. The molecule has 1 atom stereocenters. The molecule has 3 heteroatoms. The fourth-order valence-electron chi connectivity index (χ4n) is 1.72. The lowest BCUT2D eigenvalue weighted by atomic mass is 10.1. The van der Waals surface area contributed by atoms with Crippen molar-refractivity contribution in [2.75, 3.05) is 20.1 Å². The van der Waals surface area contributed by atoms with Crippen LogP contribution < -0.4 is 5.32 Å². The summed E-state index contributed by atoms with van der Waals surface area (Å²) >= 11 is 0. The molecule has 1 rings (SSSR count). The van der Waals surface area contributed by atoms with E-state index >= 15 is 0 Å². The summed E-state index contributed by atoms with van der Waals surface area (Å²) in [6.07, 6.45) is 0.557. The highest BCUT2D eigenvalue weighted by molar-refractivity contribution is 5.76. The van der Waals surface area contributed by atoms with Gasteiger partial charge in [0.1, 0.15) is 0 Å². The Bertz CT molecular complexity index is 337. The van der Waals surface area contributed by atoms with Gasteiger partial charge in [0.15, 0.2) is 0 Å². The first kappa shape index (κ1) is 13.7. The molecule has 0 aliphatic heterocycles. The maximum atomic E-state index is 11.9. The molecule has 1 amide bonds. The lowest BCUT2D eigenvalue weighted by Gasteiger charge is -2.25. The van der Waals surface area contributed by atoms with Crippen LogP contribution >= 0.6 is 0 Å².